The number of rotatable bonds is 4. The van der Waals surface area contributed by atoms with Crippen LogP contribution >= 0.6 is 0 Å². The Labute approximate surface area is 86.0 Å². The van der Waals surface area contributed by atoms with Crippen LogP contribution in [0.25, 0.3) is 0 Å². The quantitative estimate of drug-likeness (QED) is 0.659. The summed E-state index contributed by atoms with van der Waals surface area (Å²) >= 11 is 0. The van der Waals surface area contributed by atoms with Gasteiger partial charge in [-0.1, -0.05) is 0 Å². The Balaban J connectivity index is 2.19. The van der Waals surface area contributed by atoms with E-state index in [0.717, 1.165) is 13.1 Å². The van der Waals surface area contributed by atoms with Crippen molar-refractivity contribution in [3.63, 3.8) is 0 Å². The third-order valence-corrected chi connectivity index (χ3v) is 2.64. The van der Waals surface area contributed by atoms with Crippen molar-refractivity contribution in [3.8, 4) is 0 Å². The SMILES string of the molecule is CC(NCC1CCCN1)C(=O)N(C)C. The van der Waals surface area contributed by atoms with Crippen molar-refractivity contribution in [3.05, 3.63) is 0 Å². The minimum atomic E-state index is -0.0765. The normalized spacial score (nSPS) is 23.5. The van der Waals surface area contributed by atoms with Gasteiger partial charge in [0.1, 0.15) is 0 Å². The van der Waals surface area contributed by atoms with E-state index in [4.69, 9.17) is 0 Å². The Kier molecular flexibility index (Phi) is 4.35. The molecule has 4 heteroatoms. The van der Waals surface area contributed by atoms with Crippen LogP contribution in [0.1, 0.15) is 19.8 Å². The van der Waals surface area contributed by atoms with E-state index in [1.165, 1.54) is 12.8 Å². The van der Waals surface area contributed by atoms with Gasteiger partial charge in [-0.3, -0.25) is 4.79 Å². The van der Waals surface area contributed by atoms with E-state index in [-0.39, 0.29) is 11.9 Å². The molecule has 0 aromatic rings. The van der Waals surface area contributed by atoms with Gasteiger partial charge in [-0.15, -0.1) is 0 Å². The maximum absolute atomic E-state index is 11.5. The van der Waals surface area contributed by atoms with Crippen LogP contribution in [0.3, 0.4) is 0 Å². The molecule has 1 rings (SSSR count). The Morgan fingerprint density at radius 2 is 2.36 bits per heavy atom. The Morgan fingerprint density at radius 3 is 2.86 bits per heavy atom. The van der Waals surface area contributed by atoms with E-state index in [1.807, 2.05) is 6.92 Å². The van der Waals surface area contributed by atoms with Crippen molar-refractivity contribution in [1.82, 2.24) is 15.5 Å². The molecule has 0 aromatic heterocycles. The smallest absolute Gasteiger partial charge is 0.238 e. The van der Waals surface area contributed by atoms with E-state index in [9.17, 15) is 4.79 Å². The molecule has 14 heavy (non-hydrogen) atoms. The minimum Gasteiger partial charge on any atom is -0.347 e. The predicted octanol–water partition coefficient (Wildman–Crippen LogP) is -0.195. The summed E-state index contributed by atoms with van der Waals surface area (Å²) < 4.78 is 0. The summed E-state index contributed by atoms with van der Waals surface area (Å²) in [6.45, 7) is 3.92. The lowest BCUT2D eigenvalue weighted by atomic mass is 10.2. The average Bonchev–Trinajstić information content (AvgIpc) is 2.65. The topological polar surface area (TPSA) is 44.4 Å². The molecule has 0 saturated carbocycles. The number of likely N-dealkylation sites (N-methyl/N-ethyl adjacent to an activating group) is 1. The summed E-state index contributed by atoms with van der Waals surface area (Å²) in [5.74, 6) is 0.142. The van der Waals surface area contributed by atoms with Crippen LogP contribution in [0.15, 0.2) is 0 Å². The number of carbonyl (C=O) groups is 1. The fourth-order valence-electron chi connectivity index (χ4n) is 1.72. The zero-order chi connectivity index (χ0) is 10.6. The monoisotopic (exact) mass is 199 g/mol. The number of nitrogens with one attached hydrogen (secondary N) is 2. The highest BCUT2D eigenvalue weighted by Gasteiger charge is 2.18. The first-order chi connectivity index (χ1) is 6.61. The molecule has 2 N–H and O–H groups in total. The van der Waals surface area contributed by atoms with Crippen LogP contribution in [0.2, 0.25) is 0 Å². The van der Waals surface area contributed by atoms with Gasteiger partial charge in [0.05, 0.1) is 6.04 Å². The number of hydrogen-bond acceptors (Lipinski definition) is 3. The first-order valence-corrected chi connectivity index (χ1v) is 5.29. The molecule has 0 aromatic carbocycles. The molecule has 0 bridgehead atoms. The molecule has 2 atom stereocenters. The van der Waals surface area contributed by atoms with Crippen LogP contribution in [0.5, 0.6) is 0 Å². The lowest BCUT2D eigenvalue weighted by Crippen LogP contribution is -2.45. The summed E-state index contributed by atoms with van der Waals surface area (Å²) in [7, 11) is 3.57. The van der Waals surface area contributed by atoms with Crippen LogP contribution in [0.4, 0.5) is 0 Å². The van der Waals surface area contributed by atoms with Gasteiger partial charge in [0.15, 0.2) is 0 Å². The van der Waals surface area contributed by atoms with Gasteiger partial charge in [-0.25, -0.2) is 0 Å². The van der Waals surface area contributed by atoms with Crippen molar-refractivity contribution in [2.45, 2.75) is 31.8 Å². The largest absolute Gasteiger partial charge is 0.347 e. The Bertz CT molecular complexity index is 188. The molecule has 1 aliphatic heterocycles. The summed E-state index contributed by atoms with van der Waals surface area (Å²) in [6.07, 6.45) is 2.47. The van der Waals surface area contributed by atoms with Crippen LogP contribution < -0.4 is 10.6 Å². The fourth-order valence-corrected chi connectivity index (χ4v) is 1.72. The summed E-state index contributed by atoms with van der Waals surface area (Å²) in [5, 5.41) is 6.64. The highest BCUT2D eigenvalue weighted by atomic mass is 16.2. The second-order valence-electron chi connectivity index (χ2n) is 4.16. The van der Waals surface area contributed by atoms with E-state index in [2.05, 4.69) is 10.6 Å². The summed E-state index contributed by atoms with van der Waals surface area (Å²) in [4.78, 5) is 13.1. The van der Waals surface area contributed by atoms with Gasteiger partial charge in [0.25, 0.3) is 0 Å². The molecule has 1 heterocycles. The molecule has 1 fully saturated rings. The summed E-state index contributed by atoms with van der Waals surface area (Å²) in [5.41, 5.74) is 0. The molecule has 1 aliphatic rings. The maximum atomic E-state index is 11.5. The zero-order valence-corrected chi connectivity index (χ0v) is 9.34. The van der Waals surface area contributed by atoms with Gasteiger partial charge in [0, 0.05) is 26.7 Å². The molecular formula is C10H21N3O. The average molecular weight is 199 g/mol. The Morgan fingerprint density at radius 1 is 1.64 bits per heavy atom. The standard InChI is InChI=1S/C10H21N3O/c1-8(10(14)13(2)3)12-7-9-5-4-6-11-9/h8-9,11-12H,4-7H2,1-3H3. The molecule has 1 amide bonds. The molecule has 4 nitrogen and oxygen atoms in total. The van der Waals surface area contributed by atoms with Gasteiger partial charge >= 0.3 is 0 Å². The highest BCUT2D eigenvalue weighted by molar-refractivity contribution is 5.80. The first kappa shape index (κ1) is 11.5. The number of hydrogen-bond donors (Lipinski definition) is 2. The third-order valence-electron chi connectivity index (χ3n) is 2.64. The number of nitrogens with zero attached hydrogens (tertiary/aromatic N) is 1. The second-order valence-corrected chi connectivity index (χ2v) is 4.16. The molecule has 1 saturated heterocycles. The molecule has 82 valence electrons. The van der Waals surface area contributed by atoms with Gasteiger partial charge in [-0.05, 0) is 26.3 Å². The number of amides is 1. The minimum absolute atomic E-state index is 0.0765. The maximum Gasteiger partial charge on any atom is 0.238 e. The van der Waals surface area contributed by atoms with Crippen molar-refractivity contribution >= 4 is 5.91 Å². The molecule has 2 unspecified atom stereocenters. The van der Waals surface area contributed by atoms with Gasteiger partial charge in [0.2, 0.25) is 5.91 Å². The molecule has 0 spiro atoms. The van der Waals surface area contributed by atoms with E-state index < -0.39 is 0 Å². The molecule has 0 aliphatic carbocycles. The van der Waals surface area contributed by atoms with E-state index >= 15 is 0 Å². The lowest BCUT2D eigenvalue weighted by Gasteiger charge is -2.20. The Hall–Kier alpha value is -0.610. The third kappa shape index (κ3) is 3.27. The zero-order valence-electron chi connectivity index (χ0n) is 9.34. The van der Waals surface area contributed by atoms with Crippen LogP contribution in [-0.2, 0) is 4.79 Å². The van der Waals surface area contributed by atoms with Crippen molar-refractivity contribution in [2.24, 2.45) is 0 Å². The molecular weight excluding hydrogens is 178 g/mol. The molecule has 0 radical (unpaired) electrons. The van der Waals surface area contributed by atoms with Crippen molar-refractivity contribution in [2.75, 3.05) is 27.2 Å². The van der Waals surface area contributed by atoms with Gasteiger partial charge < -0.3 is 15.5 Å². The lowest BCUT2D eigenvalue weighted by molar-refractivity contribution is -0.130. The van der Waals surface area contributed by atoms with E-state index in [0.29, 0.717) is 6.04 Å². The van der Waals surface area contributed by atoms with Crippen molar-refractivity contribution < 1.29 is 4.79 Å². The van der Waals surface area contributed by atoms with E-state index in [1.54, 1.807) is 19.0 Å². The highest BCUT2D eigenvalue weighted by Crippen LogP contribution is 2.03. The number of carbonyl (C=O) groups excluding carboxylic acids is 1. The second kappa shape index (κ2) is 5.32. The fraction of sp³-hybridized carbons (Fsp3) is 0.900. The van der Waals surface area contributed by atoms with Crippen molar-refractivity contribution in [1.29, 1.82) is 0 Å². The predicted molar refractivity (Wildman–Crippen MR) is 57.2 cm³/mol. The van der Waals surface area contributed by atoms with Gasteiger partial charge in [-0.2, -0.15) is 0 Å². The van der Waals surface area contributed by atoms with Crippen LogP contribution in [-0.4, -0.2) is 50.1 Å². The first-order valence-electron chi connectivity index (χ1n) is 5.29. The van der Waals surface area contributed by atoms with Crippen LogP contribution in [0, 0.1) is 0 Å². The summed E-state index contributed by atoms with van der Waals surface area (Å²) in [6, 6.07) is 0.472.